The summed E-state index contributed by atoms with van der Waals surface area (Å²) in [7, 11) is 0. The maximum atomic E-state index is 12.2. The molecule has 7 heteroatoms. The molecule has 1 N–H and O–H groups in total. The average Bonchev–Trinajstić information content (AvgIpc) is 3.30. The van der Waals surface area contributed by atoms with Crippen LogP contribution in [0.25, 0.3) is 4.96 Å². The van der Waals surface area contributed by atoms with Crippen LogP contribution in [0, 0.1) is 5.92 Å². The van der Waals surface area contributed by atoms with Gasteiger partial charge in [0.2, 0.25) is 10.1 Å². The van der Waals surface area contributed by atoms with Crippen LogP contribution >= 0.6 is 22.9 Å². The molecule has 0 amide bonds. The summed E-state index contributed by atoms with van der Waals surface area (Å²) in [6.07, 6.45) is 5.66. The lowest BCUT2D eigenvalue weighted by molar-refractivity contribution is 0.469. The lowest BCUT2D eigenvalue weighted by Gasteiger charge is -2.24. The number of nitrogens with zero attached hydrogens (tertiary/aromatic N) is 3. The van der Waals surface area contributed by atoms with Gasteiger partial charge in [-0.2, -0.15) is 4.52 Å². The first-order valence-corrected chi connectivity index (χ1v) is 10.3. The molecular formula is C19H21ClN4OS. The summed E-state index contributed by atoms with van der Waals surface area (Å²) in [6.45, 7) is 2.00. The lowest BCUT2D eigenvalue weighted by Crippen LogP contribution is -2.20. The average molecular weight is 389 g/mol. The number of aryl methyl sites for hydroxylation is 1. The van der Waals surface area contributed by atoms with Crippen molar-refractivity contribution in [1.82, 2.24) is 14.6 Å². The van der Waals surface area contributed by atoms with E-state index in [9.17, 15) is 4.79 Å². The number of halogens is 1. The number of anilines is 1. The quantitative estimate of drug-likeness (QED) is 0.687. The Morgan fingerprint density at radius 3 is 2.73 bits per heavy atom. The second kappa shape index (κ2) is 7.37. The monoisotopic (exact) mass is 388 g/mol. The summed E-state index contributed by atoms with van der Waals surface area (Å²) < 4.78 is 1.39. The van der Waals surface area contributed by atoms with Gasteiger partial charge in [-0.05, 0) is 42.9 Å². The largest absolute Gasteiger partial charge is 0.353 e. The molecule has 0 spiro atoms. The Bertz CT molecular complexity index is 960. The predicted molar refractivity (Wildman–Crippen MR) is 106 cm³/mol. The van der Waals surface area contributed by atoms with Gasteiger partial charge in [0.1, 0.15) is 0 Å². The summed E-state index contributed by atoms with van der Waals surface area (Å²) in [4.78, 5) is 17.4. The van der Waals surface area contributed by atoms with Gasteiger partial charge < -0.3 is 5.32 Å². The van der Waals surface area contributed by atoms with E-state index in [1.54, 1.807) is 6.07 Å². The van der Waals surface area contributed by atoms with E-state index in [-0.39, 0.29) is 11.6 Å². The highest BCUT2D eigenvalue weighted by Crippen LogP contribution is 2.38. The van der Waals surface area contributed by atoms with Crippen LogP contribution < -0.4 is 10.9 Å². The maximum absolute atomic E-state index is 12.2. The van der Waals surface area contributed by atoms with Gasteiger partial charge in [0.05, 0.1) is 6.04 Å². The van der Waals surface area contributed by atoms with Gasteiger partial charge in [0.25, 0.3) is 5.56 Å². The summed E-state index contributed by atoms with van der Waals surface area (Å²) >= 11 is 7.49. The van der Waals surface area contributed by atoms with Gasteiger partial charge in [-0.25, -0.2) is 4.98 Å². The van der Waals surface area contributed by atoms with E-state index in [1.807, 2.05) is 19.1 Å². The van der Waals surface area contributed by atoms with E-state index < -0.39 is 0 Å². The maximum Gasteiger partial charge on any atom is 0.275 e. The van der Waals surface area contributed by atoms with Crippen LogP contribution in [-0.4, -0.2) is 14.6 Å². The van der Waals surface area contributed by atoms with Gasteiger partial charge in [0.15, 0.2) is 0 Å². The minimum Gasteiger partial charge on any atom is -0.353 e. The molecule has 0 bridgehead atoms. The number of hydrogen-bond donors (Lipinski definition) is 1. The molecule has 0 radical (unpaired) electrons. The zero-order valence-electron chi connectivity index (χ0n) is 14.6. The normalized spacial score (nSPS) is 16.2. The summed E-state index contributed by atoms with van der Waals surface area (Å²) in [5.41, 5.74) is 1.88. The molecular weight excluding hydrogens is 368 g/mol. The molecule has 2 heterocycles. The van der Waals surface area contributed by atoms with Crippen molar-refractivity contribution >= 4 is 33.0 Å². The van der Waals surface area contributed by atoms with Crippen molar-refractivity contribution in [2.24, 2.45) is 5.92 Å². The van der Waals surface area contributed by atoms with Gasteiger partial charge in [-0.3, -0.25) is 4.79 Å². The van der Waals surface area contributed by atoms with Crippen molar-refractivity contribution in [3.05, 3.63) is 57.0 Å². The van der Waals surface area contributed by atoms with Gasteiger partial charge in [-0.1, -0.05) is 54.8 Å². The molecule has 2 aromatic heterocycles. The van der Waals surface area contributed by atoms with Crippen LogP contribution in [0.1, 0.15) is 49.9 Å². The van der Waals surface area contributed by atoms with Crippen molar-refractivity contribution < 1.29 is 0 Å². The molecule has 3 aromatic rings. The lowest BCUT2D eigenvalue weighted by atomic mass is 9.92. The molecule has 1 aliphatic rings. The Balaban J connectivity index is 1.69. The van der Waals surface area contributed by atoms with Crippen molar-refractivity contribution in [2.45, 2.75) is 45.1 Å². The topological polar surface area (TPSA) is 59.3 Å². The highest BCUT2D eigenvalue weighted by molar-refractivity contribution is 7.20. The second-order valence-corrected chi connectivity index (χ2v) is 8.15. The molecule has 26 heavy (non-hydrogen) atoms. The molecule has 0 aliphatic heterocycles. The minimum atomic E-state index is -0.125. The minimum absolute atomic E-state index is 0.125. The summed E-state index contributed by atoms with van der Waals surface area (Å²) in [5.74, 6) is 0.555. The molecule has 1 saturated carbocycles. The molecule has 5 nitrogen and oxygen atoms in total. The summed E-state index contributed by atoms with van der Waals surface area (Å²) in [5, 5.41) is 9.51. The molecule has 1 fully saturated rings. The number of hydrogen-bond acceptors (Lipinski definition) is 5. The highest BCUT2D eigenvalue weighted by Gasteiger charge is 2.27. The first kappa shape index (κ1) is 17.5. The third-order valence-electron chi connectivity index (χ3n) is 5.04. The molecule has 136 valence electrons. The van der Waals surface area contributed by atoms with E-state index in [4.69, 9.17) is 11.6 Å². The van der Waals surface area contributed by atoms with E-state index in [1.165, 1.54) is 47.1 Å². The van der Waals surface area contributed by atoms with E-state index in [0.29, 0.717) is 10.9 Å². The Morgan fingerprint density at radius 1 is 1.31 bits per heavy atom. The molecule has 1 aliphatic carbocycles. The van der Waals surface area contributed by atoms with Crippen molar-refractivity contribution in [2.75, 3.05) is 5.32 Å². The standard InChI is InChI=1S/C19H21ClN4OS/c1-2-15-11-16(25)24-19(21-15)26-18(23-24)22-17(12-5-3-4-6-12)13-7-9-14(20)10-8-13/h7-12,17H,2-6H2,1H3,(H,22,23). The third-order valence-corrected chi connectivity index (χ3v) is 6.13. The zero-order valence-corrected chi connectivity index (χ0v) is 16.2. The SMILES string of the molecule is CCc1cc(=O)n2nc(NC(c3ccc(Cl)cc3)C3CCCC3)sc2n1. The van der Waals surface area contributed by atoms with Gasteiger partial charge in [-0.15, -0.1) is 5.10 Å². The Labute approximate surface area is 161 Å². The third kappa shape index (κ3) is 3.48. The number of rotatable bonds is 5. The van der Waals surface area contributed by atoms with Gasteiger partial charge >= 0.3 is 0 Å². The van der Waals surface area contributed by atoms with E-state index >= 15 is 0 Å². The van der Waals surface area contributed by atoms with Gasteiger partial charge in [0, 0.05) is 16.8 Å². The van der Waals surface area contributed by atoms with Crippen LogP contribution in [0.2, 0.25) is 5.02 Å². The highest BCUT2D eigenvalue weighted by atomic mass is 35.5. The van der Waals surface area contributed by atoms with Crippen LogP contribution in [0.3, 0.4) is 0 Å². The first-order chi connectivity index (χ1) is 12.6. The summed E-state index contributed by atoms with van der Waals surface area (Å²) in [6, 6.07) is 9.73. The van der Waals surface area contributed by atoms with Crippen LogP contribution in [-0.2, 0) is 6.42 Å². The fourth-order valence-electron chi connectivity index (χ4n) is 3.66. The molecule has 1 unspecified atom stereocenters. The molecule has 1 atom stereocenters. The van der Waals surface area contributed by atoms with Crippen LogP contribution in [0.4, 0.5) is 5.13 Å². The van der Waals surface area contributed by atoms with Crippen molar-refractivity contribution in [3.63, 3.8) is 0 Å². The fourth-order valence-corrected chi connectivity index (χ4v) is 4.65. The fraction of sp³-hybridized carbons (Fsp3) is 0.421. The number of benzene rings is 1. The molecule has 1 aromatic carbocycles. The predicted octanol–water partition coefficient (Wildman–Crippen LogP) is 4.71. The first-order valence-electron chi connectivity index (χ1n) is 9.06. The Kier molecular flexibility index (Phi) is 4.96. The Hall–Kier alpha value is -1.92. The Morgan fingerprint density at radius 2 is 2.04 bits per heavy atom. The van der Waals surface area contributed by atoms with E-state index in [0.717, 1.165) is 22.3 Å². The number of nitrogens with one attached hydrogen (secondary N) is 1. The van der Waals surface area contributed by atoms with Crippen LogP contribution in [0.5, 0.6) is 0 Å². The molecule has 4 rings (SSSR count). The van der Waals surface area contributed by atoms with Crippen molar-refractivity contribution in [3.8, 4) is 0 Å². The zero-order chi connectivity index (χ0) is 18.1. The van der Waals surface area contributed by atoms with Crippen molar-refractivity contribution in [1.29, 1.82) is 0 Å². The second-order valence-electron chi connectivity index (χ2n) is 6.76. The number of fused-ring (bicyclic) bond motifs is 1. The van der Waals surface area contributed by atoms with E-state index in [2.05, 4.69) is 27.5 Å². The van der Waals surface area contributed by atoms with Crippen LogP contribution in [0.15, 0.2) is 35.1 Å². The number of aromatic nitrogens is 3. The smallest absolute Gasteiger partial charge is 0.275 e. The molecule has 0 saturated heterocycles.